The van der Waals surface area contributed by atoms with E-state index in [4.69, 9.17) is 4.74 Å². The maximum atomic E-state index is 12.9. The van der Waals surface area contributed by atoms with Gasteiger partial charge in [-0.05, 0) is 42.7 Å². The summed E-state index contributed by atoms with van der Waals surface area (Å²) in [6, 6.07) is 16.4. The summed E-state index contributed by atoms with van der Waals surface area (Å²) in [5, 5.41) is 11.5. The van der Waals surface area contributed by atoms with Crippen LogP contribution in [0.25, 0.3) is 0 Å². The molecular formula is C22H24N4O4S3. The number of carbonyl (C=O) groups excluding carboxylic acids is 1. The lowest BCUT2D eigenvalue weighted by Crippen LogP contribution is -2.41. The summed E-state index contributed by atoms with van der Waals surface area (Å²) in [5.74, 6) is 0.969. The van der Waals surface area contributed by atoms with Gasteiger partial charge in [0.1, 0.15) is 5.75 Å². The maximum Gasteiger partial charge on any atom is 0.243 e. The SMILES string of the molecule is COc1ccc(S(=O)(=O)N2CCC(C(=O)Nc3nnc(SCc4ccccc4)s3)CC2)cc1. The summed E-state index contributed by atoms with van der Waals surface area (Å²) in [4.78, 5) is 12.9. The first kappa shape index (κ1) is 23.7. The molecule has 1 N–H and O–H groups in total. The van der Waals surface area contributed by atoms with Crippen molar-refractivity contribution in [1.82, 2.24) is 14.5 Å². The van der Waals surface area contributed by atoms with E-state index in [0.29, 0.717) is 36.8 Å². The summed E-state index contributed by atoms with van der Waals surface area (Å²) >= 11 is 2.91. The number of piperidine rings is 1. The minimum atomic E-state index is -3.60. The van der Waals surface area contributed by atoms with E-state index in [2.05, 4.69) is 27.6 Å². The van der Waals surface area contributed by atoms with Crippen LogP contribution in [-0.2, 0) is 20.6 Å². The number of aromatic nitrogens is 2. The standard InChI is InChI=1S/C22H24N4O4S3/c1-30-18-7-9-19(10-8-18)33(28,29)26-13-11-17(12-14-26)20(27)23-21-24-25-22(32-21)31-15-16-5-3-2-4-6-16/h2-10,17H,11-15H2,1H3,(H,23,24,27). The van der Waals surface area contributed by atoms with E-state index in [9.17, 15) is 13.2 Å². The number of nitrogens with zero attached hydrogens (tertiary/aromatic N) is 3. The molecule has 1 saturated heterocycles. The molecule has 1 aliphatic heterocycles. The number of methoxy groups -OCH3 is 1. The van der Waals surface area contributed by atoms with Gasteiger partial charge in [0.15, 0.2) is 4.34 Å². The number of carbonyl (C=O) groups is 1. The van der Waals surface area contributed by atoms with Crippen LogP contribution in [0.5, 0.6) is 5.75 Å². The van der Waals surface area contributed by atoms with Crippen molar-refractivity contribution in [3.8, 4) is 5.75 Å². The van der Waals surface area contributed by atoms with Crippen molar-refractivity contribution in [3.05, 3.63) is 60.2 Å². The van der Waals surface area contributed by atoms with Gasteiger partial charge in [0.2, 0.25) is 21.1 Å². The zero-order chi connectivity index (χ0) is 23.3. The highest BCUT2D eigenvalue weighted by atomic mass is 32.2. The second kappa shape index (κ2) is 10.6. The van der Waals surface area contributed by atoms with Crippen molar-refractivity contribution in [3.63, 3.8) is 0 Å². The van der Waals surface area contributed by atoms with Crippen molar-refractivity contribution in [2.45, 2.75) is 27.8 Å². The van der Waals surface area contributed by atoms with Gasteiger partial charge in [-0.2, -0.15) is 4.31 Å². The number of ether oxygens (including phenoxy) is 1. The lowest BCUT2D eigenvalue weighted by atomic mass is 9.97. The number of sulfonamides is 1. The maximum absolute atomic E-state index is 12.9. The van der Waals surface area contributed by atoms with Crippen LogP contribution in [0, 0.1) is 5.92 Å². The predicted molar refractivity (Wildman–Crippen MR) is 129 cm³/mol. The van der Waals surface area contributed by atoms with Crippen molar-refractivity contribution in [2.75, 3.05) is 25.5 Å². The molecule has 0 saturated carbocycles. The van der Waals surface area contributed by atoms with E-state index in [-0.39, 0.29) is 16.7 Å². The number of benzene rings is 2. The van der Waals surface area contributed by atoms with Crippen molar-refractivity contribution in [1.29, 1.82) is 0 Å². The Labute approximate surface area is 201 Å². The third kappa shape index (κ3) is 5.91. The minimum absolute atomic E-state index is 0.146. The van der Waals surface area contributed by atoms with Crippen molar-refractivity contribution >= 4 is 44.2 Å². The van der Waals surface area contributed by atoms with Gasteiger partial charge >= 0.3 is 0 Å². The number of nitrogens with one attached hydrogen (secondary N) is 1. The molecule has 0 spiro atoms. The topological polar surface area (TPSA) is 101 Å². The van der Waals surface area contributed by atoms with E-state index >= 15 is 0 Å². The van der Waals surface area contributed by atoms with Crippen LogP contribution in [0.4, 0.5) is 5.13 Å². The largest absolute Gasteiger partial charge is 0.497 e. The van der Waals surface area contributed by atoms with Crippen LogP contribution >= 0.6 is 23.1 Å². The number of rotatable bonds is 8. The van der Waals surface area contributed by atoms with E-state index in [1.807, 2.05) is 18.2 Å². The van der Waals surface area contributed by atoms with Crippen LogP contribution in [0.2, 0.25) is 0 Å². The van der Waals surface area contributed by atoms with Crippen LogP contribution < -0.4 is 10.1 Å². The summed E-state index contributed by atoms with van der Waals surface area (Å²) in [6.07, 6.45) is 0.908. The van der Waals surface area contributed by atoms with Gasteiger partial charge in [-0.15, -0.1) is 10.2 Å². The Morgan fingerprint density at radius 2 is 1.82 bits per heavy atom. The van der Waals surface area contributed by atoms with E-state index in [1.165, 1.54) is 40.4 Å². The fraction of sp³-hybridized carbons (Fsp3) is 0.318. The van der Waals surface area contributed by atoms with E-state index in [1.54, 1.807) is 23.9 Å². The lowest BCUT2D eigenvalue weighted by Gasteiger charge is -2.30. The molecule has 2 heterocycles. The van der Waals surface area contributed by atoms with Gasteiger partial charge in [0.05, 0.1) is 12.0 Å². The molecule has 0 radical (unpaired) electrons. The number of thioether (sulfide) groups is 1. The Bertz CT molecular complexity index is 1180. The number of amides is 1. The van der Waals surface area contributed by atoms with Gasteiger partial charge in [0, 0.05) is 24.8 Å². The zero-order valence-electron chi connectivity index (χ0n) is 18.0. The van der Waals surface area contributed by atoms with Crippen molar-refractivity contribution in [2.24, 2.45) is 5.92 Å². The molecule has 0 bridgehead atoms. The van der Waals surface area contributed by atoms with Crippen molar-refractivity contribution < 1.29 is 17.9 Å². The molecule has 174 valence electrons. The molecule has 1 fully saturated rings. The second-order valence-electron chi connectivity index (χ2n) is 7.49. The molecule has 8 nitrogen and oxygen atoms in total. The average Bonchev–Trinajstić information content (AvgIpc) is 3.30. The fourth-order valence-corrected chi connectivity index (χ4v) is 6.68. The molecule has 0 aliphatic carbocycles. The Morgan fingerprint density at radius 3 is 2.48 bits per heavy atom. The fourth-order valence-electron chi connectivity index (χ4n) is 3.50. The first-order chi connectivity index (χ1) is 16.0. The van der Waals surface area contributed by atoms with Gasteiger partial charge in [0.25, 0.3) is 0 Å². The highest BCUT2D eigenvalue weighted by Crippen LogP contribution is 2.30. The highest BCUT2D eigenvalue weighted by Gasteiger charge is 2.32. The predicted octanol–water partition coefficient (Wildman–Crippen LogP) is 3.88. The summed E-state index contributed by atoms with van der Waals surface area (Å²) in [7, 11) is -2.06. The van der Waals surface area contributed by atoms with Gasteiger partial charge < -0.3 is 10.1 Å². The van der Waals surface area contributed by atoms with Gasteiger partial charge in [-0.1, -0.05) is 53.4 Å². The van der Waals surface area contributed by atoms with Crippen LogP contribution in [-0.4, -0.2) is 49.0 Å². The van der Waals surface area contributed by atoms with Crippen LogP contribution in [0.1, 0.15) is 18.4 Å². The number of hydrogen-bond donors (Lipinski definition) is 1. The molecule has 0 unspecified atom stereocenters. The Balaban J connectivity index is 1.28. The molecule has 1 aliphatic rings. The van der Waals surface area contributed by atoms with E-state index < -0.39 is 10.0 Å². The molecule has 1 amide bonds. The highest BCUT2D eigenvalue weighted by molar-refractivity contribution is 8.00. The number of hydrogen-bond acceptors (Lipinski definition) is 8. The quantitative estimate of drug-likeness (QED) is 0.367. The first-order valence-electron chi connectivity index (χ1n) is 10.4. The van der Waals surface area contributed by atoms with Crippen LogP contribution in [0.15, 0.2) is 63.8 Å². The third-order valence-corrected chi connectivity index (χ3v) is 9.32. The normalized spacial score (nSPS) is 15.3. The monoisotopic (exact) mass is 504 g/mol. The average molecular weight is 505 g/mol. The number of anilines is 1. The molecule has 0 atom stereocenters. The lowest BCUT2D eigenvalue weighted by molar-refractivity contribution is -0.120. The Morgan fingerprint density at radius 1 is 1.12 bits per heavy atom. The molecule has 33 heavy (non-hydrogen) atoms. The second-order valence-corrected chi connectivity index (χ2v) is 11.6. The Kier molecular flexibility index (Phi) is 7.63. The summed E-state index contributed by atoms with van der Waals surface area (Å²) in [5.41, 5.74) is 1.19. The molecule has 3 aromatic rings. The van der Waals surface area contributed by atoms with E-state index in [0.717, 1.165) is 10.1 Å². The molecule has 4 rings (SSSR count). The summed E-state index contributed by atoms with van der Waals surface area (Å²) in [6.45, 7) is 0.585. The molecule has 11 heteroatoms. The Hall–Kier alpha value is -2.47. The molecule has 1 aromatic heterocycles. The smallest absolute Gasteiger partial charge is 0.243 e. The summed E-state index contributed by atoms with van der Waals surface area (Å²) < 4.78 is 33.1. The zero-order valence-corrected chi connectivity index (χ0v) is 20.5. The molecule has 2 aromatic carbocycles. The molecular weight excluding hydrogens is 480 g/mol. The van der Waals surface area contributed by atoms with Gasteiger partial charge in [-0.3, -0.25) is 4.79 Å². The first-order valence-corrected chi connectivity index (χ1v) is 13.7. The third-order valence-electron chi connectivity index (χ3n) is 5.36. The minimum Gasteiger partial charge on any atom is -0.497 e. The van der Waals surface area contributed by atoms with Gasteiger partial charge in [-0.25, -0.2) is 8.42 Å². The van der Waals surface area contributed by atoms with Crippen LogP contribution in [0.3, 0.4) is 0 Å².